The number of nitrogens with one attached hydrogen (secondary N) is 1. The number of nitrogens with zero attached hydrogens (tertiary/aromatic N) is 1. The van der Waals surface area contributed by atoms with Gasteiger partial charge in [0.1, 0.15) is 0 Å². The minimum atomic E-state index is -0.258. The molecule has 18 heavy (non-hydrogen) atoms. The molecule has 1 heterocycles. The molecule has 2 rings (SSSR count). The van der Waals surface area contributed by atoms with E-state index in [1.165, 1.54) is 11.3 Å². The van der Waals surface area contributed by atoms with E-state index in [4.69, 9.17) is 11.6 Å². The van der Waals surface area contributed by atoms with Gasteiger partial charge < -0.3 is 5.32 Å². The van der Waals surface area contributed by atoms with Gasteiger partial charge >= 0.3 is 0 Å². The maximum atomic E-state index is 12.1. The van der Waals surface area contributed by atoms with Crippen LogP contribution in [0.15, 0.2) is 29.1 Å². The first-order valence-electron chi connectivity index (χ1n) is 5.53. The summed E-state index contributed by atoms with van der Waals surface area (Å²) in [4.78, 5) is 16.2. The molecule has 0 bridgehead atoms. The largest absolute Gasteiger partial charge is 0.325 e. The highest BCUT2D eigenvalue weighted by molar-refractivity contribution is 7.07. The Morgan fingerprint density at radius 2 is 2.28 bits per heavy atom. The van der Waals surface area contributed by atoms with E-state index in [1.807, 2.05) is 31.4 Å². The molecule has 0 aliphatic heterocycles. The minimum absolute atomic E-state index is 0.0636. The minimum Gasteiger partial charge on any atom is -0.325 e. The first-order valence-corrected chi connectivity index (χ1v) is 6.85. The van der Waals surface area contributed by atoms with E-state index in [0.29, 0.717) is 5.02 Å². The van der Waals surface area contributed by atoms with Gasteiger partial charge in [-0.1, -0.05) is 11.6 Å². The number of hydrogen-bond acceptors (Lipinski definition) is 3. The number of carbonyl (C=O) groups is 1. The van der Waals surface area contributed by atoms with Gasteiger partial charge in [-0.3, -0.25) is 4.79 Å². The van der Waals surface area contributed by atoms with Crippen LogP contribution in [0.2, 0.25) is 5.02 Å². The molecule has 94 valence electrons. The number of thiazole rings is 1. The summed E-state index contributed by atoms with van der Waals surface area (Å²) in [6.07, 6.45) is 0. The van der Waals surface area contributed by atoms with Crippen LogP contribution >= 0.6 is 22.9 Å². The van der Waals surface area contributed by atoms with Crippen molar-refractivity contribution in [1.82, 2.24) is 4.98 Å². The summed E-state index contributed by atoms with van der Waals surface area (Å²) in [7, 11) is 0. The number of amides is 1. The van der Waals surface area contributed by atoms with Crippen molar-refractivity contribution in [2.24, 2.45) is 0 Å². The van der Waals surface area contributed by atoms with Crippen LogP contribution in [-0.4, -0.2) is 10.9 Å². The van der Waals surface area contributed by atoms with E-state index >= 15 is 0 Å². The van der Waals surface area contributed by atoms with E-state index in [1.54, 1.807) is 11.6 Å². The average molecular weight is 281 g/mol. The van der Waals surface area contributed by atoms with Crippen molar-refractivity contribution in [3.8, 4) is 0 Å². The Bertz CT molecular complexity index is 554. The zero-order valence-corrected chi connectivity index (χ0v) is 11.7. The van der Waals surface area contributed by atoms with Crippen molar-refractivity contribution < 1.29 is 4.79 Å². The molecule has 3 nitrogen and oxygen atoms in total. The number of halogens is 1. The lowest BCUT2D eigenvalue weighted by molar-refractivity contribution is -0.117. The molecular weight excluding hydrogens is 268 g/mol. The standard InChI is InChI=1S/C13H13ClN2OS/c1-8-5-10(14)3-4-11(8)16-13(17)9(2)12-6-18-7-15-12/h3-7,9H,1-2H3,(H,16,17). The molecule has 1 N–H and O–H groups in total. The number of anilines is 1. The van der Waals surface area contributed by atoms with Crippen LogP contribution in [0.1, 0.15) is 24.1 Å². The Hall–Kier alpha value is -1.39. The van der Waals surface area contributed by atoms with Gasteiger partial charge in [-0.2, -0.15) is 0 Å². The Morgan fingerprint density at radius 1 is 1.50 bits per heavy atom. The van der Waals surface area contributed by atoms with Gasteiger partial charge in [0.25, 0.3) is 0 Å². The van der Waals surface area contributed by atoms with Crippen LogP contribution in [0.25, 0.3) is 0 Å². The summed E-state index contributed by atoms with van der Waals surface area (Å²) < 4.78 is 0. The number of aryl methyl sites for hydroxylation is 1. The molecule has 0 saturated carbocycles. The third-order valence-electron chi connectivity index (χ3n) is 2.73. The number of aromatic nitrogens is 1. The number of benzene rings is 1. The van der Waals surface area contributed by atoms with Gasteiger partial charge in [0, 0.05) is 16.1 Å². The lowest BCUT2D eigenvalue weighted by Crippen LogP contribution is -2.19. The Kier molecular flexibility index (Phi) is 3.99. The summed E-state index contributed by atoms with van der Waals surface area (Å²) in [5, 5.41) is 5.45. The first kappa shape index (κ1) is 13.1. The highest BCUT2D eigenvalue weighted by Gasteiger charge is 2.17. The fraction of sp³-hybridized carbons (Fsp3) is 0.231. The Labute approximate surface area is 115 Å². The highest BCUT2D eigenvalue weighted by Crippen LogP contribution is 2.22. The topological polar surface area (TPSA) is 42.0 Å². The zero-order chi connectivity index (χ0) is 13.1. The van der Waals surface area contributed by atoms with E-state index < -0.39 is 0 Å². The van der Waals surface area contributed by atoms with E-state index in [-0.39, 0.29) is 11.8 Å². The average Bonchev–Trinajstić information content (AvgIpc) is 2.85. The summed E-state index contributed by atoms with van der Waals surface area (Å²) >= 11 is 7.36. The molecule has 0 fully saturated rings. The smallest absolute Gasteiger partial charge is 0.233 e. The molecule has 1 atom stereocenters. The van der Waals surface area contributed by atoms with Crippen LogP contribution < -0.4 is 5.32 Å². The van der Waals surface area contributed by atoms with Crippen molar-refractivity contribution in [3.05, 3.63) is 45.4 Å². The molecule has 0 spiro atoms. The molecule has 0 aliphatic rings. The molecule has 0 aliphatic carbocycles. The van der Waals surface area contributed by atoms with Gasteiger partial charge in [0.05, 0.1) is 17.1 Å². The normalized spacial score (nSPS) is 12.2. The van der Waals surface area contributed by atoms with Crippen LogP contribution in [0, 0.1) is 6.92 Å². The molecule has 0 saturated heterocycles. The van der Waals surface area contributed by atoms with E-state index in [9.17, 15) is 4.79 Å². The lowest BCUT2D eigenvalue weighted by atomic mass is 10.1. The fourth-order valence-corrected chi connectivity index (χ4v) is 2.45. The maximum absolute atomic E-state index is 12.1. The van der Waals surface area contributed by atoms with Gasteiger partial charge in [-0.05, 0) is 37.6 Å². The maximum Gasteiger partial charge on any atom is 0.233 e. The predicted molar refractivity (Wildman–Crippen MR) is 75.3 cm³/mol. The van der Waals surface area contributed by atoms with Crippen molar-refractivity contribution in [3.63, 3.8) is 0 Å². The number of rotatable bonds is 3. The van der Waals surface area contributed by atoms with Crippen LogP contribution in [-0.2, 0) is 4.79 Å². The van der Waals surface area contributed by atoms with Crippen molar-refractivity contribution in [2.45, 2.75) is 19.8 Å². The van der Waals surface area contributed by atoms with Gasteiger partial charge in [-0.15, -0.1) is 11.3 Å². The second-order valence-electron chi connectivity index (χ2n) is 4.08. The van der Waals surface area contributed by atoms with Crippen LogP contribution in [0.3, 0.4) is 0 Å². The van der Waals surface area contributed by atoms with Crippen LogP contribution in [0.4, 0.5) is 5.69 Å². The predicted octanol–water partition coefficient (Wildman–Crippen LogP) is 3.85. The van der Waals surface area contributed by atoms with Gasteiger partial charge in [0.15, 0.2) is 0 Å². The van der Waals surface area contributed by atoms with Gasteiger partial charge in [0.2, 0.25) is 5.91 Å². The number of carbonyl (C=O) groups excluding carboxylic acids is 1. The van der Waals surface area contributed by atoms with E-state index in [2.05, 4.69) is 10.3 Å². The van der Waals surface area contributed by atoms with Crippen LogP contribution in [0.5, 0.6) is 0 Å². The highest BCUT2D eigenvalue weighted by atomic mass is 35.5. The first-order chi connectivity index (χ1) is 8.58. The third kappa shape index (κ3) is 2.89. The summed E-state index contributed by atoms with van der Waals surface area (Å²) in [5.74, 6) is -0.322. The van der Waals surface area contributed by atoms with Gasteiger partial charge in [-0.25, -0.2) is 4.98 Å². The third-order valence-corrected chi connectivity index (χ3v) is 3.57. The molecule has 1 aromatic heterocycles. The molecule has 0 radical (unpaired) electrons. The lowest BCUT2D eigenvalue weighted by Gasteiger charge is -2.12. The molecule has 5 heteroatoms. The van der Waals surface area contributed by atoms with E-state index in [0.717, 1.165) is 16.9 Å². The summed E-state index contributed by atoms with van der Waals surface area (Å²) in [5.41, 5.74) is 4.25. The summed E-state index contributed by atoms with van der Waals surface area (Å²) in [6.45, 7) is 3.75. The number of hydrogen-bond donors (Lipinski definition) is 1. The quantitative estimate of drug-likeness (QED) is 0.928. The Balaban J connectivity index is 2.12. The molecular formula is C13H13ClN2OS. The van der Waals surface area contributed by atoms with Crippen molar-refractivity contribution in [1.29, 1.82) is 0 Å². The fourth-order valence-electron chi connectivity index (χ4n) is 1.58. The monoisotopic (exact) mass is 280 g/mol. The summed E-state index contributed by atoms with van der Waals surface area (Å²) in [6, 6.07) is 5.39. The molecule has 1 amide bonds. The second kappa shape index (κ2) is 5.50. The Morgan fingerprint density at radius 3 is 2.89 bits per heavy atom. The van der Waals surface area contributed by atoms with Crippen molar-refractivity contribution >= 4 is 34.5 Å². The molecule has 1 unspecified atom stereocenters. The molecule has 2 aromatic rings. The van der Waals surface area contributed by atoms with Crippen molar-refractivity contribution in [2.75, 3.05) is 5.32 Å². The second-order valence-corrected chi connectivity index (χ2v) is 5.24. The SMILES string of the molecule is Cc1cc(Cl)ccc1NC(=O)C(C)c1cscn1. The molecule has 1 aromatic carbocycles. The zero-order valence-electron chi connectivity index (χ0n) is 10.1.